The smallest absolute Gasteiger partial charge is 0.339 e. The molecule has 5 nitrogen and oxygen atoms in total. The maximum atomic E-state index is 13.2. The Balaban J connectivity index is 1.47. The van der Waals surface area contributed by atoms with E-state index in [2.05, 4.69) is 10.3 Å². The van der Waals surface area contributed by atoms with Crippen LogP contribution in [0.5, 0.6) is 0 Å². The van der Waals surface area contributed by atoms with Gasteiger partial charge in [0.05, 0.1) is 5.52 Å². The fraction of sp³-hybridized carbons (Fsp3) is 0.130. The van der Waals surface area contributed by atoms with E-state index in [-0.39, 0.29) is 11.4 Å². The number of halogens is 1. The third kappa shape index (κ3) is 3.33. The van der Waals surface area contributed by atoms with Crippen LogP contribution in [0, 0.1) is 5.82 Å². The van der Waals surface area contributed by atoms with E-state index in [4.69, 9.17) is 0 Å². The molecule has 0 spiro atoms. The van der Waals surface area contributed by atoms with E-state index in [1.807, 2.05) is 35.0 Å². The maximum absolute atomic E-state index is 13.2. The number of carboxylic acids is 1. The summed E-state index contributed by atoms with van der Waals surface area (Å²) >= 11 is 0. The van der Waals surface area contributed by atoms with Crippen LogP contribution in [0.15, 0.2) is 67.0 Å². The summed E-state index contributed by atoms with van der Waals surface area (Å²) in [4.78, 5) is 16.1. The zero-order valence-electron chi connectivity index (χ0n) is 15.5. The summed E-state index contributed by atoms with van der Waals surface area (Å²) in [5, 5.41) is 13.7. The molecular formula is C23H18FN3O2. The molecule has 0 aliphatic heterocycles. The van der Waals surface area contributed by atoms with Crippen molar-refractivity contribution < 1.29 is 14.3 Å². The van der Waals surface area contributed by atoms with Gasteiger partial charge in [0.25, 0.3) is 0 Å². The van der Waals surface area contributed by atoms with Crippen LogP contribution in [0.1, 0.15) is 34.7 Å². The molecule has 0 saturated heterocycles. The lowest BCUT2D eigenvalue weighted by atomic mass is 10.1. The second kappa shape index (κ2) is 6.74. The minimum absolute atomic E-state index is 0.179. The first-order valence-corrected chi connectivity index (χ1v) is 9.46. The number of carboxylic acid groups (broad SMARTS) is 1. The van der Waals surface area contributed by atoms with Crippen molar-refractivity contribution in [2.24, 2.45) is 0 Å². The molecule has 6 heteroatoms. The molecule has 2 N–H and O–H groups in total. The van der Waals surface area contributed by atoms with Gasteiger partial charge < -0.3 is 15.0 Å². The van der Waals surface area contributed by atoms with Crippen molar-refractivity contribution in [1.29, 1.82) is 0 Å². The molecule has 29 heavy (non-hydrogen) atoms. The van der Waals surface area contributed by atoms with Crippen molar-refractivity contribution in [3.63, 3.8) is 0 Å². The number of nitrogens with one attached hydrogen (secondary N) is 1. The number of rotatable bonds is 5. The first-order chi connectivity index (χ1) is 14.1. The lowest BCUT2D eigenvalue weighted by Gasteiger charge is -2.11. The van der Waals surface area contributed by atoms with Crippen LogP contribution in [-0.4, -0.2) is 20.6 Å². The highest BCUT2D eigenvalue weighted by molar-refractivity contribution is 5.95. The standard InChI is InChI=1S/C23H18FN3O2/c24-17-3-6-19(7-4-17)27-10-9-15-11-18(5-8-21(15)27)26-22-20(23(28)29)12-16(13-25-22)14-1-2-14/h3-14H,1-2H2,(H,25,26)(H,28,29). The largest absolute Gasteiger partial charge is 0.478 e. The Bertz CT molecular complexity index is 1230. The molecule has 0 bridgehead atoms. The number of aromatic carboxylic acids is 1. The molecule has 0 atom stereocenters. The summed E-state index contributed by atoms with van der Waals surface area (Å²) < 4.78 is 15.2. The fourth-order valence-corrected chi connectivity index (χ4v) is 3.57. The van der Waals surface area contributed by atoms with E-state index >= 15 is 0 Å². The van der Waals surface area contributed by atoms with Gasteiger partial charge in [0.2, 0.25) is 0 Å². The number of pyridine rings is 1. The molecule has 0 unspecified atom stereocenters. The number of hydrogen-bond acceptors (Lipinski definition) is 3. The van der Waals surface area contributed by atoms with Crippen molar-refractivity contribution in [2.45, 2.75) is 18.8 Å². The maximum Gasteiger partial charge on any atom is 0.339 e. The highest BCUT2D eigenvalue weighted by Gasteiger charge is 2.26. The number of carbonyl (C=O) groups is 1. The highest BCUT2D eigenvalue weighted by Crippen LogP contribution is 2.40. The van der Waals surface area contributed by atoms with Gasteiger partial charge in [-0.25, -0.2) is 14.2 Å². The van der Waals surface area contributed by atoms with Crippen molar-refractivity contribution in [1.82, 2.24) is 9.55 Å². The number of nitrogens with zero attached hydrogens (tertiary/aromatic N) is 2. The fourth-order valence-electron chi connectivity index (χ4n) is 3.57. The van der Waals surface area contributed by atoms with Gasteiger partial charge in [-0.2, -0.15) is 0 Å². The molecule has 1 aliphatic carbocycles. The van der Waals surface area contributed by atoms with Gasteiger partial charge in [0, 0.05) is 29.2 Å². The van der Waals surface area contributed by atoms with E-state index in [1.165, 1.54) is 12.1 Å². The third-order valence-corrected chi connectivity index (χ3v) is 5.25. The second-order valence-electron chi connectivity index (χ2n) is 7.30. The van der Waals surface area contributed by atoms with Gasteiger partial charge in [0.15, 0.2) is 0 Å². The molecule has 2 aromatic carbocycles. The zero-order valence-corrected chi connectivity index (χ0v) is 15.5. The van der Waals surface area contributed by atoms with Gasteiger partial charge >= 0.3 is 5.97 Å². The SMILES string of the molecule is O=C(O)c1cc(C2CC2)cnc1Nc1ccc2c(ccn2-c2ccc(F)cc2)c1. The van der Waals surface area contributed by atoms with Crippen LogP contribution in [0.4, 0.5) is 15.9 Å². The van der Waals surface area contributed by atoms with Gasteiger partial charge in [0.1, 0.15) is 17.2 Å². The monoisotopic (exact) mass is 387 g/mol. The lowest BCUT2D eigenvalue weighted by Crippen LogP contribution is -2.06. The van der Waals surface area contributed by atoms with E-state index in [9.17, 15) is 14.3 Å². The number of anilines is 2. The molecule has 1 saturated carbocycles. The molecule has 1 fully saturated rings. The molecule has 0 radical (unpaired) electrons. The Kier molecular flexibility index (Phi) is 4.05. The van der Waals surface area contributed by atoms with Crippen LogP contribution in [0.25, 0.3) is 16.6 Å². The summed E-state index contributed by atoms with van der Waals surface area (Å²) in [7, 11) is 0. The minimum atomic E-state index is -0.994. The van der Waals surface area contributed by atoms with Crippen LogP contribution in [-0.2, 0) is 0 Å². The summed E-state index contributed by atoms with van der Waals surface area (Å²) in [6, 6.07) is 15.8. The second-order valence-corrected chi connectivity index (χ2v) is 7.30. The first kappa shape index (κ1) is 17.4. The normalized spacial score (nSPS) is 13.6. The van der Waals surface area contributed by atoms with Crippen LogP contribution < -0.4 is 5.32 Å². The zero-order chi connectivity index (χ0) is 20.0. The summed E-state index contributed by atoms with van der Waals surface area (Å²) in [6.45, 7) is 0. The minimum Gasteiger partial charge on any atom is -0.478 e. The van der Waals surface area contributed by atoms with Crippen molar-refractivity contribution in [2.75, 3.05) is 5.32 Å². The third-order valence-electron chi connectivity index (χ3n) is 5.25. The topological polar surface area (TPSA) is 67.2 Å². The number of hydrogen-bond donors (Lipinski definition) is 2. The first-order valence-electron chi connectivity index (χ1n) is 9.46. The van der Waals surface area contributed by atoms with Crippen molar-refractivity contribution >= 4 is 28.4 Å². The summed E-state index contributed by atoms with van der Waals surface area (Å²) in [5.41, 5.74) is 3.76. The Morgan fingerprint density at radius 3 is 2.62 bits per heavy atom. The molecule has 0 amide bonds. The van der Waals surface area contributed by atoms with E-state index in [0.717, 1.165) is 40.7 Å². The van der Waals surface area contributed by atoms with E-state index in [0.29, 0.717) is 11.7 Å². The van der Waals surface area contributed by atoms with Crippen LogP contribution >= 0.6 is 0 Å². The van der Waals surface area contributed by atoms with Crippen molar-refractivity contribution in [3.05, 3.63) is 83.9 Å². The van der Waals surface area contributed by atoms with Crippen LogP contribution in [0.3, 0.4) is 0 Å². The van der Waals surface area contributed by atoms with Crippen molar-refractivity contribution in [3.8, 4) is 5.69 Å². The molecule has 1 aliphatic rings. The van der Waals surface area contributed by atoms with Crippen LogP contribution in [0.2, 0.25) is 0 Å². The molecule has 4 aromatic rings. The van der Waals surface area contributed by atoms with Gasteiger partial charge in [-0.15, -0.1) is 0 Å². The molecular weight excluding hydrogens is 369 g/mol. The summed E-state index contributed by atoms with van der Waals surface area (Å²) in [6.07, 6.45) is 5.87. The van der Waals surface area contributed by atoms with Gasteiger partial charge in [-0.1, -0.05) is 0 Å². The van der Waals surface area contributed by atoms with E-state index in [1.54, 1.807) is 24.4 Å². The Morgan fingerprint density at radius 2 is 1.90 bits per heavy atom. The van der Waals surface area contributed by atoms with E-state index < -0.39 is 5.97 Å². The number of fused-ring (bicyclic) bond motifs is 1. The predicted octanol–water partition coefficient (Wildman–Crippen LogP) is 5.48. The predicted molar refractivity (Wildman–Crippen MR) is 110 cm³/mol. The molecule has 5 rings (SSSR count). The Hall–Kier alpha value is -3.67. The Morgan fingerprint density at radius 1 is 1.10 bits per heavy atom. The van der Waals surface area contributed by atoms with Gasteiger partial charge in [-0.3, -0.25) is 0 Å². The van der Waals surface area contributed by atoms with Gasteiger partial charge in [-0.05, 0) is 78.9 Å². The number of benzene rings is 2. The molecule has 144 valence electrons. The molecule has 2 aromatic heterocycles. The molecule has 2 heterocycles. The average Bonchev–Trinajstić information content (AvgIpc) is 3.48. The highest BCUT2D eigenvalue weighted by atomic mass is 19.1. The Labute approximate surface area is 166 Å². The summed E-state index contributed by atoms with van der Waals surface area (Å²) in [5.74, 6) is -0.492. The number of aromatic nitrogens is 2. The lowest BCUT2D eigenvalue weighted by molar-refractivity contribution is 0.0697. The quantitative estimate of drug-likeness (QED) is 0.476. The average molecular weight is 387 g/mol.